The van der Waals surface area contributed by atoms with Gasteiger partial charge in [-0.1, -0.05) is 12.1 Å². The van der Waals surface area contributed by atoms with Crippen LogP contribution in [0.25, 0.3) is 0 Å². The molecule has 20 heavy (non-hydrogen) atoms. The molecular weight excluding hydrogens is 299 g/mol. The van der Waals surface area contributed by atoms with Gasteiger partial charge in [-0.05, 0) is 12.1 Å². The summed E-state index contributed by atoms with van der Waals surface area (Å²) in [4.78, 5) is -0.878. The first-order valence-electron chi connectivity index (χ1n) is 5.51. The lowest BCUT2D eigenvalue weighted by atomic mass is 10.2. The van der Waals surface area contributed by atoms with Crippen molar-refractivity contribution in [1.29, 1.82) is 0 Å². The summed E-state index contributed by atoms with van der Waals surface area (Å²) in [7, 11) is -3.07. The quantitative estimate of drug-likeness (QED) is 0.821. The SMILES string of the molecule is COCC(O)CNS(=O)(=O)c1ccccc1C(F)(F)F. The van der Waals surface area contributed by atoms with Gasteiger partial charge in [-0.25, -0.2) is 13.1 Å². The van der Waals surface area contributed by atoms with Crippen LogP contribution in [0.15, 0.2) is 29.2 Å². The zero-order chi connectivity index (χ0) is 15.4. The molecule has 114 valence electrons. The Kier molecular flexibility index (Phi) is 5.51. The fourth-order valence-electron chi connectivity index (χ4n) is 1.47. The van der Waals surface area contributed by atoms with Crippen LogP contribution in [0.3, 0.4) is 0 Å². The summed E-state index contributed by atoms with van der Waals surface area (Å²) in [5, 5.41) is 9.31. The molecule has 0 fully saturated rings. The molecule has 1 rings (SSSR count). The number of halogens is 3. The third-order valence-electron chi connectivity index (χ3n) is 2.35. The minimum Gasteiger partial charge on any atom is -0.389 e. The number of methoxy groups -OCH3 is 1. The third kappa shape index (κ3) is 4.44. The van der Waals surface area contributed by atoms with Crippen LogP contribution in [-0.4, -0.2) is 39.9 Å². The number of alkyl halides is 3. The Hall–Kier alpha value is -1.16. The molecule has 1 atom stereocenters. The van der Waals surface area contributed by atoms with Crippen LogP contribution in [0.1, 0.15) is 5.56 Å². The second kappa shape index (κ2) is 6.53. The van der Waals surface area contributed by atoms with Gasteiger partial charge in [0.05, 0.1) is 23.2 Å². The number of nitrogens with one attached hydrogen (secondary N) is 1. The maximum Gasteiger partial charge on any atom is 0.417 e. The second-order valence-corrected chi connectivity index (χ2v) is 5.69. The van der Waals surface area contributed by atoms with Crippen molar-refractivity contribution in [2.24, 2.45) is 0 Å². The molecular formula is C11H14F3NO4S. The summed E-state index contributed by atoms with van der Waals surface area (Å²) in [6.07, 6.45) is -5.93. The first-order chi connectivity index (χ1) is 9.18. The summed E-state index contributed by atoms with van der Waals surface area (Å²) in [5.74, 6) is 0. The molecule has 1 unspecified atom stereocenters. The van der Waals surface area contributed by atoms with Gasteiger partial charge in [0.1, 0.15) is 0 Å². The molecule has 0 radical (unpaired) electrons. The number of aliphatic hydroxyl groups excluding tert-OH is 1. The van der Waals surface area contributed by atoms with Crippen molar-refractivity contribution < 1.29 is 31.4 Å². The molecule has 0 heterocycles. The molecule has 0 amide bonds. The molecule has 0 spiro atoms. The number of benzene rings is 1. The van der Waals surface area contributed by atoms with Crippen LogP contribution < -0.4 is 4.72 Å². The molecule has 9 heteroatoms. The molecule has 0 aromatic heterocycles. The number of rotatable bonds is 6. The average molecular weight is 313 g/mol. The van der Waals surface area contributed by atoms with Crippen LogP contribution >= 0.6 is 0 Å². The lowest BCUT2D eigenvalue weighted by molar-refractivity contribution is -0.139. The van der Waals surface area contributed by atoms with Gasteiger partial charge in [0, 0.05) is 13.7 Å². The van der Waals surface area contributed by atoms with Gasteiger partial charge < -0.3 is 9.84 Å². The van der Waals surface area contributed by atoms with E-state index in [0.717, 1.165) is 12.1 Å². The van der Waals surface area contributed by atoms with Crippen LogP contribution in [0.4, 0.5) is 13.2 Å². The lowest BCUT2D eigenvalue weighted by Gasteiger charge is -2.15. The second-order valence-electron chi connectivity index (χ2n) is 3.95. The Morgan fingerprint density at radius 1 is 1.35 bits per heavy atom. The fraction of sp³-hybridized carbons (Fsp3) is 0.455. The number of hydrogen-bond donors (Lipinski definition) is 2. The minimum absolute atomic E-state index is 0.135. The van der Waals surface area contributed by atoms with Gasteiger partial charge in [0.2, 0.25) is 10.0 Å². The molecule has 1 aromatic rings. The van der Waals surface area contributed by atoms with Gasteiger partial charge in [-0.2, -0.15) is 13.2 Å². The van der Waals surface area contributed by atoms with Crippen molar-refractivity contribution in [3.63, 3.8) is 0 Å². The van der Waals surface area contributed by atoms with E-state index in [9.17, 15) is 26.7 Å². The van der Waals surface area contributed by atoms with Crippen LogP contribution in [0.2, 0.25) is 0 Å². The Bertz CT molecular complexity index is 545. The van der Waals surface area contributed by atoms with E-state index in [-0.39, 0.29) is 6.61 Å². The van der Waals surface area contributed by atoms with Crippen LogP contribution in [-0.2, 0) is 20.9 Å². The van der Waals surface area contributed by atoms with E-state index >= 15 is 0 Å². The van der Waals surface area contributed by atoms with E-state index in [2.05, 4.69) is 4.74 Å². The summed E-state index contributed by atoms with van der Waals surface area (Å²) >= 11 is 0. The highest BCUT2D eigenvalue weighted by Crippen LogP contribution is 2.33. The number of sulfonamides is 1. The molecule has 0 aliphatic carbocycles. The molecule has 2 N–H and O–H groups in total. The van der Waals surface area contributed by atoms with E-state index in [4.69, 9.17) is 0 Å². The number of hydrogen-bond acceptors (Lipinski definition) is 4. The van der Waals surface area contributed by atoms with Crippen molar-refractivity contribution in [1.82, 2.24) is 4.72 Å². The van der Waals surface area contributed by atoms with Crippen LogP contribution in [0, 0.1) is 0 Å². The first kappa shape index (κ1) is 16.9. The predicted molar refractivity (Wildman–Crippen MR) is 64.5 cm³/mol. The van der Waals surface area contributed by atoms with Crippen molar-refractivity contribution in [2.75, 3.05) is 20.3 Å². The number of aliphatic hydroxyl groups is 1. The van der Waals surface area contributed by atoms with E-state index in [1.807, 2.05) is 4.72 Å². The van der Waals surface area contributed by atoms with E-state index in [0.29, 0.717) is 6.07 Å². The Morgan fingerprint density at radius 3 is 2.50 bits per heavy atom. The topological polar surface area (TPSA) is 75.6 Å². The van der Waals surface area contributed by atoms with Gasteiger partial charge in [0.25, 0.3) is 0 Å². The number of ether oxygens (including phenoxy) is 1. The summed E-state index contributed by atoms with van der Waals surface area (Å²) < 4.78 is 68.4. The highest BCUT2D eigenvalue weighted by Gasteiger charge is 2.36. The predicted octanol–water partition coefficient (Wildman–Crippen LogP) is 0.991. The fourth-order valence-corrected chi connectivity index (χ4v) is 2.77. The average Bonchev–Trinajstić information content (AvgIpc) is 2.36. The monoisotopic (exact) mass is 313 g/mol. The van der Waals surface area contributed by atoms with Crippen molar-refractivity contribution in [2.45, 2.75) is 17.2 Å². The van der Waals surface area contributed by atoms with E-state index < -0.39 is 39.3 Å². The molecule has 5 nitrogen and oxygen atoms in total. The Morgan fingerprint density at radius 2 is 1.95 bits per heavy atom. The lowest BCUT2D eigenvalue weighted by Crippen LogP contribution is -2.35. The van der Waals surface area contributed by atoms with E-state index in [1.165, 1.54) is 13.2 Å². The first-order valence-corrected chi connectivity index (χ1v) is 6.99. The smallest absolute Gasteiger partial charge is 0.389 e. The zero-order valence-corrected chi connectivity index (χ0v) is 11.3. The van der Waals surface area contributed by atoms with Crippen molar-refractivity contribution in [3.8, 4) is 0 Å². The third-order valence-corrected chi connectivity index (χ3v) is 3.83. The van der Waals surface area contributed by atoms with Gasteiger partial charge >= 0.3 is 6.18 Å². The summed E-state index contributed by atoms with van der Waals surface area (Å²) in [6, 6.07) is 3.82. The highest BCUT2D eigenvalue weighted by atomic mass is 32.2. The van der Waals surface area contributed by atoms with Gasteiger partial charge in [0.15, 0.2) is 0 Å². The minimum atomic E-state index is -4.78. The summed E-state index contributed by atoms with van der Waals surface area (Å²) in [6.45, 7) is -0.578. The zero-order valence-electron chi connectivity index (χ0n) is 10.5. The molecule has 0 aliphatic heterocycles. The maximum absolute atomic E-state index is 12.7. The van der Waals surface area contributed by atoms with Crippen LogP contribution in [0.5, 0.6) is 0 Å². The highest BCUT2D eigenvalue weighted by molar-refractivity contribution is 7.89. The summed E-state index contributed by atoms with van der Waals surface area (Å²) in [5.41, 5.74) is -1.26. The van der Waals surface area contributed by atoms with Crippen molar-refractivity contribution >= 4 is 10.0 Å². The van der Waals surface area contributed by atoms with E-state index in [1.54, 1.807) is 0 Å². The molecule has 0 bridgehead atoms. The van der Waals surface area contributed by atoms with Gasteiger partial charge in [-0.3, -0.25) is 0 Å². The standard InChI is InChI=1S/C11H14F3NO4S/c1-19-7-8(16)6-15-20(17,18)10-5-3-2-4-9(10)11(12,13)14/h2-5,8,15-16H,6-7H2,1H3. The van der Waals surface area contributed by atoms with Gasteiger partial charge in [-0.15, -0.1) is 0 Å². The van der Waals surface area contributed by atoms with Crippen molar-refractivity contribution in [3.05, 3.63) is 29.8 Å². The normalized spacial score (nSPS) is 14.2. The molecule has 0 saturated carbocycles. The molecule has 0 saturated heterocycles. The Balaban J connectivity index is 2.99. The molecule has 1 aromatic carbocycles. The largest absolute Gasteiger partial charge is 0.417 e. The Labute approximate surface area is 114 Å². The molecule has 0 aliphatic rings. The maximum atomic E-state index is 12.7.